The molecule has 0 radical (unpaired) electrons. The van der Waals surface area contributed by atoms with Crippen LogP contribution in [0.5, 0.6) is 0 Å². The molecule has 2 aromatic carbocycles. The van der Waals surface area contributed by atoms with E-state index in [-0.39, 0.29) is 12.5 Å². The van der Waals surface area contributed by atoms with Crippen LogP contribution in [0.15, 0.2) is 36.4 Å². The number of sulfonamides is 1. The standard InChI is InChI=1S/C24H31Cl2N3O4S/c1-6-10-27-24(31)18(4)28(14-20-21(25)8-7-9-22(20)26)23(30)15-29(34(5,32)33)19-12-16(2)11-17(3)13-19/h7-9,11-13,18H,6,10,14-15H2,1-5H3,(H,27,31). The Hall–Kier alpha value is -2.29. The number of rotatable bonds is 10. The smallest absolute Gasteiger partial charge is 0.244 e. The van der Waals surface area contributed by atoms with Crippen LogP contribution in [0, 0.1) is 13.8 Å². The first-order chi connectivity index (χ1) is 15.8. The number of aryl methyl sites for hydroxylation is 2. The van der Waals surface area contributed by atoms with E-state index in [0.717, 1.165) is 28.1 Å². The number of hydrogen-bond acceptors (Lipinski definition) is 4. The summed E-state index contributed by atoms with van der Waals surface area (Å²) in [7, 11) is -3.80. The van der Waals surface area contributed by atoms with Crippen molar-refractivity contribution in [1.82, 2.24) is 10.2 Å². The lowest BCUT2D eigenvalue weighted by molar-refractivity contribution is -0.139. The maximum Gasteiger partial charge on any atom is 0.244 e. The highest BCUT2D eigenvalue weighted by atomic mass is 35.5. The first-order valence-corrected chi connectivity index (χ1v) is 13.5. The number of carbonyl (C=O) groups excluding carboxylic acids is 2. The molecule has 34 heavy (non-hydrogen) atoms. The molecule has 2 rings (SSSR count). The van der Waals surface area contributed by atoms with E-state index < -0.39 is 28.5 Å². The maximum atomic E-state index is 13.5. The summed E-state index contributed by atoms with van der Waals surface area (Å²) in [5, 5.41) is 3.48. The van der Waals surface area contributed by atoms with Gasteiger partial charge in [0, 0.05) is 28.7 Å². The van der Waals surface area contributed by atoms with Gasteiger partial charge in [0.1, 0.15) is 12.6 Å². The number of nitrogens with zero attached hydrogens (tertiary/aromatic N) is 2. The highest BCUT2D eigenvalue weighted by Crippen LogP contribution is 2.27. The zero-order valence-corrected chi connectivity index (χ0v) is 22.4. The molecule has 0 aliphatic heterocycles. The van der Waals surface area contributed by atoms with Gasteiger partial charge >= 0.3 is 0 Å². The summed E-state index contributed by atoms with van der Waals surface area (Å²) in [5.41, 5.74) is 2.59. The lowest BCUT2D eigenvalue weighted by atomic mass is 10.1. The third-order valence-corrected chi connectivity index (χ3v) is 7.13. The normalized spacial score (nSPS) is 12.2. The fourth-order valence-electron chi connectivity index (χ4n) is 3.54. The Labute approximate surface area is 212 Å². The van der Waals surface area contributed by atoms with Crippen molar-refractivity contribution in [2.45, 2.75) is 46.7 Å². The summed E-state index contributed by atoms with van der Waals surface area (Å²) < 4.78 is 26.4. The van der Waals surface area contributed by atoms with E-state index in [1.807, 2.05) is 26.8 Å². The van der Waals surface area contributed by atoms with Crippen LogP contribution in [0.2, 0.25) is 10.0 Å². The van der Waals surface area contributed by atoms with Gasteiger partial charge < -0.3 is 10.2 Å². The van der Waals surface area contributed by atoms with Crippen molar-refractivity contribution in [3.63, 3.8) is 0 Å². The summed E-state index contributed by atoms with van der Waals surface area (Å²) in [5.74, 6) is -0.907. The van der Waals surface area contributed by atoms with E-state index >= 15 is 0 Å². The number of benzene rings is 2. The topological polar surface area (TPSA) is 86.8 Å². The molecule has 1 atom stereocenters. The molecule has 0 heterocycles. The lowest BCUT2D eigenvalue weighted by Crippen LogP contribution is -2.51. The summed E-state index contributed by atoms with van der Waals surface area (Å²) in [6.07, 6.45) is 1.78. The molecular formula is C24H31Cl2N3O4S. The fraction of sp³-hybridized carbons (Fsp3) is 0.417. The molecular weight excluding hydrogens is 497 g/mol. The zero-order valence-electron chi connectivity index (χ0n) is 20.1. The van der Waals surface area contributed by atoms with Gasteiger partial charge in [0.25, 0.3) is 0 Å². The molecule has 0 aromatic heterocycles. The van der Waals surface area contributed by atoms with Gasteiger partial charge in [-0.1, -0.05) is 42.3 Å². The lowest BCUT2D eigenvalue weighted by Gasteiger charge is -2.32. The molecule has 0 spiro atoms. The molecule has 10 heteroatoms. The van der Waals surface area contributed by atoms with Crippen molar-refractivity contribution in [2.24, 2.45) is 0 Å². The van der Waals surface area contributed by atoms with Gasteiger partial charge in [0.15, 0.2) is 0 Å². The van der Waals surface area contributed by atoms with Crippen molar-refractivity contribution in [1.29, 1.82) is 0 Å². The average molecular weight is 529 g/mol. The van der Waals surface area contributed by atoms with Crippen molar-refractivity contribution in [3.05, 3.63) is 63.1 Å². The van der Waals surface area contributed by atoms with Gasteiger partial charge in [0.05, 0.1) is 11.9 Å². The van der Waals surface area contributed by atoms with Crippen LogP contribution in [-0.4, -0.2) is 50.5 Å². The molecule has 0 aliphatic carbocycles. The molecule has 0 saturated carbocycles. The summed E-state index contributed by atoms with van der Waals surface area (Å²) >= 11 is 12.7. The van der Waals surface area contributed by atoms with E-state index in [9.17, 15) is 18.0 Å². The molecule has 2 amide bonds. The second-order valence-electron chi connectivity index (χ2n) is 8.30. The quantitative estimate of drug-likeness (QED) is 0.498. The van der Waals surface area contributed by atoms with Gasteiger partial charge in [0.2, 0.25) is 21.8 Å². The second kappa shape index (κ2) is 11.9. The van der Waals surface area contributed by atoms with Crippen LogP contribution in [0.1, 0.15) is 37.0 Å². The van der Waals surface area contributed by atoms with Gasteiger partial charge in [-0.3, -0.25) is 13.9 Å². The van der Waals surface area contributed by atoms with Crippen molar-refractivity contribution >= 4 is 50.7 Å². The van der Waals surface area contributed by atoms with Gasteiger partial charge in [-0.25, -0.2) is 8.42 Å². The van der Waals surface area contributed by atoms with Gasteiger partial charge in [-0.2, -0.15) is 0 Å². The minimum absolute atomic E-state index is 0.0531. The Morgan fingerprint density at radius 2 is 1.62 bits per heavy atom. The van der Waals surface area contributed by atoms with Gasteiger partial charge in [-0.05, 0) is 62.6 Å². The Balaban J connectivity index is 2.46. The molecule has 0 aliphatic rings. The number of nitrogens with one attached hydrogen (secondary N) is 1. The van der Waals surface area contributed by atoms with Crippen LogP contribution in [0.25, 0.3) is 0 Å². The van der Waals surface area contributed by atoms with Crippen LogP contribution >= 0.6 is 23.2 Å². The number of anilines is 1. The Morgan fingerprint density at radius 1 is 1.06 bits per heavy atom. The van der Waals surface area contributed by atoms with Crippen LogP contribution in [-0.2, 0) is 26.2 Å². The fourth-order valence-corrected chi connectivity index (χ4v) is 4.89. The number of hydrogen-bond donors (Lipinski definition) is 1. The SMILES string of the molecule is CCCNC(=O)C(C)N(Cc1c(Cl)cccc1Cl)C(=O)CN(c1cc(C)cc(C)c1)S(C)(=O)=O. The van der Waals surface area contributed by atoms with E-state index in [0.29, 0.717) is 27.8 Å². The van der Waals surface area contributed by atoms with Crippen molar-refractivity contribution in [2.75, 3.05) is 23.7 Å². The molecule has 0 saturated heterocycles. The molecule has 1 unspecified atom stereocenters. The van der Waals surface area contributed by atoms with Crippen LogP contribution < -0.4 is 9.62 Å². The molecule has 2 aromatic rings. The highest BCUT2D eigenvalue weighted by molar-refractivity contribution is 7.92. The predicted octanol–water partition coefficient (Wildman–Crippen LogP) is 4.32. The van der Waals surface area contributed by atoms with Crippen molar-refractivity contribution in [3.8, 4) is 0 Å². The second-order valence-corrected chi connectivity index (χ2v) is 11.0. The average Bonchev–Trinajstić information content (AvgIpc) is 2.73. The summed E-state index contributed by atoms with van der Waals surface area (Å²) in [4.78, 5) is 27.6. The Kier molecular flexibility index (Phi) is 9.79. The van der Waals surface area contributed by atoms with E-state index in [2.05, 4.69) is 5.32 Å². The summed E-state index contributed by atoms with van der Waals surface area (Å²) in [6.45, 7) is 7.14. The van der Waals surface area contributed by atoms with E-state index in [1.54, 1.807) is 37.3 Å². The van der Waals surface area contributed by atoms with Gasteiger partial charge in [-0.15, -0.1) is 0 Å². The third kappa shape index (κ3) is 7.35. The molecule has 7 nitrogen and oxygen atoms in total. The minimum atomic E-state index is -3.80. The molecule has 0 bridgehead atoms. The van der Waals surface area contributed by atoms with Crippen LogP contribution in [0.3, 0.4) is 0 Å². The number of halogens is 2. The first kappa shape index (κ1) is 28.0. The molecule has 186 valence electrons. The number of amides is 2. The van der Waals surface area contributed by atoms with E-state index in [1.165, 1.54) is 4.90 Å². The zero-order chi connectivity index (χ0) is 25.6. The predicted molar refractivity (Wildman–Crippen MR) is 138 cm³/mol. The van der Waals surface area contributed by atoms with Crippen LogP contribution in [0.4, 0.5) is 5.69 Å². The molecule has 0 fully saturated rings. The largest absolute Gasteiger partial charge is 0.354 e. The first-order valence-electron chi connectivity index (χ1n) is 10.9. The Morgan fingerprint density at radius 3 is 2.12 bits per heavy atom. The Bertz CT molecular complexity index is 1110. The van der Waals surface area contributed by atoms with E-state index in [4.69, 9.17) is 23.2 Å². The number of carbonyl (C=O) groups is 2. The maximum absolute atomic E-state index is 13.5. The third-order valence-electron chi connectivity index (χ3n) is 5.28. The summed E-state index contributed by atoms with van der Waals surface area (Å²) in [6, 6.07) is 9.41. The minimum Gasteiger partial charge on any atom is -0.354 e. The monoisotopic (exact) mass is 527 g/mol. The highest BCUT2D eigenvalue weighted by Gasteiger charge is 2.31. The molecule has 1 N–H and O–H groups in total. The van der Waals surface area contributed by atoms with Crippen molar-refractivity contribution < 1.29 is 18.0 Å².